The highest BCUT2D eigenvalue weighted by Crippen LogP contribution is 2.32. The van der Waals surface area contributed by atoms with E-state index >= 15 is 0 Å². The normalized spacial score (nSPS) is 17.6. The molecule has 24 heavy (non-hydrogen) atoms. The molecule has 2 amide bonds. The Morgan fingerprint density at radius 2 is 1.92 bits per heavy atom. The molecular weight excluding hydrogens is 322 g/mol. The molecule has 5 nitrogen and oxygen atoms in total. The number of anilines is 1. The van der Waals surface area contributed by atoms with Gasteiger partial charge >= 0.3 is 0 Å². The molecule has 0 radical (unpaired) electrons. The number of thiazole rings is 1. The Morgan fingerprint density at radius 1 is 1.17 bits per heavy atom. The molecule has 0 aliphatic carbocycles. The average molecular weight is 337 g/mol. The topological polar surface area (TPSA) is 76.3 Å². The van der Waals surface area contributed by atoms with Crippen LogP contribution >= 0.6 is 11.3 Å². The van der Waals surface area contributed by atoms with E-state index in [1.54, 1.807) is 16.2 Å². The van der Waals surface area contributed by atoms with E-state index in [0.29, 0.717) is 6.54 Å². The van der Waals surface area contributed by atoms with Gasteiger partial charge in [-0.15, -0.1) is 11.3 Å². The van der Waals surface area contributed by atoms with Crippen LogP contribution in [0.5, 0.6) is 0 Å². The molecule has 1 fully saturated rings. The summed E-state index contributed by atoms with van der Waals surface area (Å²) in [4.78, 5) is 29.6. The van der Waals surface area contributed by atoms with Gasteiger partial charge in [0, 0.05) is 24.2 Å². The van der Waals surface area contributed by atoms with Gasteiger partial charge in [-0.25, -0.2) is 4.98 Å². The molecule has 1 aromatic heterocycles. The lowest BCUT2D eigenvalue weighted by Gasteiger charge is -2.16. The van der Waals surface area contributed by atoms with Gasteiger partial charge in [-0.3, -0.25) is 9.59 Å². The number of carbonyl (C=O) groups is 2. The smallest absolute Gasteiger partial charge is 0.227 e. The summed E-state index contributed by atoms with van der Waals surface area (Å²) in [7, 11) is 0. The van der Waals surface area contributed by atoms with Gasteiger partial charge in [0.1, 0.15) is 5.01 Å². The lowest BCUT2D eigenvalue weighted by Crippen LogP contribution is -2.28. The number of hydrogen-bond acceptors (Lipinski definition) is 4. The van der Waals surface area contributed by atoms with Gasteiger partial charge in [0.2, 0.25) is 11.8 Å². The van der Waals surface area contributed by atoms with Gasteiger partial charge in [-0.1, -0.05) is 12.1 Å². The number of benzene rings is 2. The van der Waals surface area contributed by atoms with Crippen molar-refractivity contribution in [2.24, 2.45) is 11.7 Å². The van der Waals surface area contributed by atoms with Crippen molar-refractivity contribution in [3.8, 4) is 10.6 Å². The number of rotatable bonds is 3. The molecule has 1 saturated heterocycles. The van der Waals surface area contributed by atoms with Gasteiger partial charge in [-0.05, 0) is 36.4 Å². The SMILES string of the molecule is NC(=O)[C@@H]1CC(=O)N(c2ccc(-c3nc4ccccc4s3)cc2)C1. The first-order chi connectivity index (χ1) is 11.6. The maximum atomic E-state index is 12.1. The molecule has 0 unspecified atom stereocenters. The van der Waals surface area contributed by atoms with Crippen molar-refractivity contribution in [3.63, 3.8) is 0 Å². The Labute approximate surface area is 142 Å². The number of hydrogen-bond donors (Lipinski definition) is 1. The number of nitrogens with zero attached hydrogens (tertiary/aromatic N) is 2. The fourth-order valence-electron chi connectivity index (χ4n) is 2.93. The molecule has 3 aromatic rings. The second kappa shape index (κ2) is 5.72. The first-order valence-corrected chi connectivity index (χ1v) is 8.49. The van der Waals surface area contributed by atoms with E-state index in [1.807, 2.05) is 42.5 Å². The second-order valence-corrected chi connectivity index (χ2v) is 6.87. The summed E-state index contributed by atoms with van der Waals surface area (Å²) >= 11 is 1.64. The molecule has 2 N–H and O–H groups in total. The Kier molecular flexibility index (Phi) is 3.54. The van der Waals surface area contributed by atoms with Gasteiger partial charge in [0.15, 0.2) is 0 Å². The Hall–Kier alpha value is -2.73. The van der Waals surface area contributed by atoms with Crippen molar-refractivity contribution >= 4 is 39.1 Å². The van der Waals surface area contributed by atoms with Crippen LogP contribution in [-0.2, 0) is 9.59 Å². The number of aromatic nitrogens is 1. The van der Waals surface area contributed by atoms with Gasteiger partial charge < -0.3 is 10.6 Å². The molecule has 4 rings (SSSR count). The van der Waals surface area contributed by atoms with Crippen LogP contribution in [0.1, 0.15) is 6.42 Å². The maximum absolute atomic E-state index is 12.1. The van der Waals surface area contributed by atoms with Crippen molar-refractivity contribution < 1.29 is 9.59 Å². The number of nitrogens with two attached hydrogens (primary N) is 1. The van der Waals surface area contributed by atoms with Crippen molar-refractivity contribution in [2.75, 3.05) is 11.4 Å². The Morgan fingerprint density at radius 3 is 2.58 bits per heavy atom. The zero-order valence-corrected chi connectivity index (χ0v) is 13.6. The molecule has 120 valence electrons. The predicted molar refractivity (Wildman–Crippen MR) is 94.7 cm³/mol. The van der Waals surface area contributed by atoms with E-state index in [1.165, 1.54) is 0 Å². The minimum atomic E-state index is -0.419. The minimum Gasteiger partial charge on any atom is -0.369 e. The van der Waals surface area contributed by atoms with E-state index in [-0.39, 0.29) is 12.3 Å². The summed E-state index contributed by atoms with van der Waals surface area (Å²) in [6.07, 6.45) is 0.189. The summed E-state index contributed by atoms with van der Waals surface area (Å²) in [5, 5.41) is 0.950. The molecule has 6 heteroatoms. The van der Waals surface area contributed by atoms with Gasteiger partial charge in [-0.2, -0.15) is 0 Å². The van der Waals surface area contributed by atoms with Crippen LogP contribution < -0.4 is 10.6 Å². The van der Waals surface area contributed by atoms with E-state index in [9.17, 15) is 9.59 Å². The predicted octanol–water partition coefficient (Wildman–Crippen LogP) is 2.80. The van der Waals surface area contributed by atoms with Crippen LogP contribution in [0.15, 0.2) is 48.5 Å². The first kappa shape index (κ1) is 14.8. The van der Waals surface area contributed by atoms with E-state index in [4.69, 9.17) is 5.73 Å². The highest BCUT2D eigenvalue weighted by atomic mass is 32.1. The molecule has 2 heterocycles. The summed E-state index contributed by atoms with van der Waals surface area (Å²) in [5.41, 5.74) is 8.10. The monoisotopic (exact) mass is 337 g/mol. The lowest BCUT2D eigenvalue weighted by molar-refractivity contribution is -0.123. The summed E-state index contributed by atoms with van der Waals surface area (Å²) in [6, 6.07) is 15.7. The van der Waals surface area contributed by atoms with E-state index < -0.39 is 11.8 Å². The number of fused-ring (bicyclic) bond motifs is 1. The molecule has 0 spiro atoms. The van der Waals surface area contributed by atoms with Crippen molar-refractivity contribution in [1.82, 2.24) is 4.98 Å². The van der Waals surface area contributed by atoms with Crippen LogP contribution in [-0.4, -0.2) is 23.3 Å². The Balaban J connectivity index is 1.61. The molecule has 1 aliphatic heterocycles. The van der Waals surface area contributed by atoms with Gasteiger partial charge in [0.25, 0.3) is 0 Å². The van der Waals surface area contributed by atoms with Gasteiger partial charge in [0.05, 0.1) is 16.1 Å². The second-order valence-electron chi connectivity index (χ2n) is 5.84. The molecular formula is C18H15N3O2S. The average Bonchev–Trinajstić information content (AvgIpc) is 3.18. The standard InChI is InChI=1S/C18H15N3O2S/c19-17(23)12-9-16(22)21(10-12)13-7-5-11(6-8-13)18-20-14-3-1-2-4-15(14)24-18/h1-8,12H,9-10H2,(H2,19,23)/t12-/m1/s1. The van der Waals surface area contributed by atoms with E-state index in [0.717, 1.165) is 26.5 Å². The minimum absolute atomic E-state index is 0.0634. The third-order valence-electron chi connectivity index (χ3n) is 4.25. The largest absolute Gasteiger partial charge is 0.369 e. The third-order valence-corrected chi connectivity index (χ3v) is 5.33. The molecule has 1 atom stereocenters. The lowest BCUT2D eigenvalue weighted by atomic mass is 10.1. The summed E-state index contributed by atoms with van der Waals surface area (Å²) < 4.78 is 1.15. The number of carbonyl (C=O) groups excluding carboxylic acids is 2. The van der Waals surface area contributed by atoms with Crippen molar-refractivity contribution in [1.29, 1.82) is 0 Å². The number of amides is 2. The van der Waals surface area contributed by atoms with E-state index in [2.05, 4.69) is 11.1 Å². The molecule has 1 aliphatic rings. The van der Waals surface area contributed by atoms with Crippen LogP contribution in [0, 0.1) is 5.92 Å². The first-order valence-electron chi connectivity index (χ1n) is 7.67. The number of primary amides is 1. The van der Waals surface area contributed by atoms with Crippen LogP contribution in [0.2, 0.25) is 0 Å². The third kappa shape index (κ3) is 2.55. The molecule has 2 aromatic carbocycles. The zero-order valence-electron chi connectivity index (χ0n) is 12.8. The Bertz CT molecular complexity index is 900. The molecule has 0 saturated carbocycles. The quantitative estimate of drug-likeness (QED) is 0.798. The zero-order chi connectivity index (χ0) is 16.7. The maximum Gasteiger partial charge on any atom is 0.227 e. The van der Waals surface area contributed by atoms with Crippen molar-refractivity contribution in [2.45, 2.75) is 6.42 Å². The summed E-state index contributed by atoms with van der Waals surface area (Å²) in [6.45, 7) is 0.356. The highest BCUT2D eigenvalue weighted by Gasteiger charge is 2.33. The fourth-order valence-corrected chi connectivity index (χ4v) is 3.90. The van der Waals surface area contributed by atoms with Crippen molar-refractivity contribution in [3.05, 3.63) is 48.5 Å². The molecule has 0 bridgehead atoms. The fraction of sp³-hybridized carbons (Fsp3) is 0.167. The van der Waals surface area contributed by atoms with Crippen LogP contribution in [0.4, 0.5) is 5.69 Å². The summed E-state index contributed by atoms with van der Waals surface area (Å²) in [5.74, 6) is -0.884. The number of para-hydroxylation sites is 1. The highest BCUT2D eigenvalue weighted by molar-refractivity contribution is 7.21. The van der Waals surface area contributed by atoms with Crippen LogP contribution in [0.3, 0.4) is 0 Å². The van der Waals surface area contributed by atoms with Crippen LogP contribution in [0.25, 0.3) is 20.8 Å².